The Morgan fingerprint density at radius 2 is 2.36 bits per heavy atom. The average Bonchev–Trinajstić information content (AvgIpc) is 1.93. The molecule has 11 heavy (non-hydrogen) atoms. The number of amides is 1. The van der Waals surface area contributed by atoms with Crippen molar-refractivity contribution in [2.75, 3.05) is 13.7 Å². The fourth-order valence-corrected chi connectivity index (χ4v) is 1.43. The summed E-state index contributed by atoms with van der Waals surface area (Å²) >= 11 is 0. The lowest BCUT2D eigenvalue weighted by atomic mass is 9.80. The van der Waals surface area contributed by atoms with E-state index in [4.69, 9.17) is 4.74 Å². The van der Waals surface area contributed by atoms with Gasteiger partial charge in [0.1, 0.15) is 0 Å². The van der Waals surface area contributed by atoms with E-state index in [9.17, 15) is 4.79 Å². The second-order valence-electron chi connectivity index (χ2n) is 3.10. The number of hydrogen-bond donors (Lipinski definition) is 1. The lowest BCUT2D eigenvalue weighted by Gasteiger charge is -2.36. The molecular formula is C8H15NO2. The Labute approximate surface area is 67.1 Å². The predicted molar refractivity (Wildman–Crippen MR) is 42.2 cm³/mol. The van der Waals surface area contributed by atoms with Crippen LogP contribution in [0, 0.1) is 5.92 Å². The van der Waals surface area contributed by atoms with Crippen molar-refractivity contribution in [3.05, 3.63) is 0 Å². The molecule has 0 aromatic rings. The van der Waals surface area contributed by atoms with Crippen molar-refractivity contribution in [1.29, 1.82) is 0 Å². The molecule has 3 heteroatoms. The largest absolute Gasteiger partial charge is 0.384 e. The van der Waals surface area contributed by atoms with E-state index in [1.54, 1.807) is 14.0 Å². The Kier molecular flexibility index (Phi) is 2.88. The summed E-state index contributed by atoms with van der Waals surface area (Å²) in [5.41, 5.74) is 0. The summed E-state index contributed by atoms with van der Waals surface area (Å²) in [4.78, 5) is 10.6. The van der Waals surface area contributed by atoms with Gasteiger partial charge in [0.25, 0.3) is 0 Å². The van der Waals surface area contributed by atoms with Gasteiger partial charge in [-0.25, -0.2) is 0 Å². The molecule has 1 fully saturated rings. The fraction of sp³-hybridized carbons (Fsp3) is 0.875. The third-order valence-corrected chi connectivity index (χ3v) is 2.19. The topological polar surface area (TPSA) is 38.3 Å². The van der Waals surface area contributed by atoms with Crippen molar-refractivity contribution in [3.8, 4) is 0 Å². The molecule has 0 aromatic heterocycles. The van der Waals surface area contributed by atoms with Gasteiger partial charge in [-0.15, -0.1) is 0 Å². The van der Waals surface area contributed by atoms with Crippen LogP contribution < -0.4 is 5.32 Å². The molecule has 2 atom stereocenters. The summed E-state index contributed by atoms with van der Waals surface area (Å²) in [5.74, 6) is 0.611. The van der Waals surface area contributed by atoms with Crippen molar-refractivity contribution in [1.82, 2.24) is 5.32 Å². The Bertz CT molecular complexity index is 147. The normalized spacial score (nSPS) is 29.3. The van der Waals surface area contributed by atoms with Crippen LogP contribution in [0.5, 0.6) is 0 Å². The zero-order chi connectivity index (χ0) is 8.27. The minimum Gasteiger partial charge on any atom is -0.384 e. The van der Waals surface area contributed by atoms with E-state index >= 15 is 0 Å². The van der Waals surface area contributed by atoms with Gasteiger partial charge in [-0.05, 0) is 12.8 Å². The minimum atomic E-state index is 0.0656. The number of rotatable bonds is 3. The molecule has 0 bridgehead atoms. The van der Waals surface area contributed by atoms with Gasteiger partial charge >= 0.3 is 0 Å². The smallest absolute Gasteiger partial charge is 0.217 e. The first kappa shape index (κ1) is 8.53. The molecule has 0 spiro atoms. The highest BCUT2D eigenvalue weighted by Gasteiger charge is 2.30. The van der Waals surface area contributed by atoms with E-state index < -0.39 is 0 Å². The molecule has 0 aliphatic heterocycles. The van der Waals surface area contributed by atoms with Gasteiger partial charge in [0, 0.05) is 26.0 Å². The molecule has 64 valence electrons. The maximum absolute atomic E-state index is 10.6. The maximum atomic E-state index is 10.6. The summed E-state index contributed by atoms with van der Waals surface area (Å²) in [6, 6.07) is 0.368. The fourth-order valence-electron chi connectivity index (χ4n) is 1.43. The maximum Gasteiger partial charge on any atom is 0.217 e. The molecule has 0 aromatic carbocycles. The number of carbonyl (C=O) groups is 1. The minimum absolute atomic E-state index is 0.0656. The highest BCUT2D eigenvalue weighted by Crippen LogP contribution is 2.27. The first-order valence-corrected chi connectivity index (χ1v) is 4.00. The van der Waals surface area contributed by atoms with Gasteiger partial charge in [0.2, 0.25) is 5.91 Å². The number of carbonyl (C=O) groups excluding carboxylic acids is 1. The highest BCUT2D eigenvalue weighted by atomic mass is 16.5. The van der Waals surface area contributed by atoms with E-state index in [0.29, 0.717) is 12.0 Å². The molecule has 3 nitrogen and oxygen atoms in total. The molecule has 1 saturated carbocycles. The molecule has 0 heterocycles. The van der Waals surface area contributed by atoms with Gasteiger partial charge < -0.3 is 10.1 Å². The monoisotopic (exact) mass is 157 g/mol. The van der Waals surface area contributed by atoms with Crippen LogP contribution in [0.1, 0.15) is 19.8 Å². The molecule has 1 N–H and O–H groups in total. The average molecular weight is 157 g/mol. The number of methoxy groups -OCH3 is 1. The van der Waals surface area contributed by atoms with Crippen LogP contribution in [0.2, 0.25) is 0 Å². The summed E-state index contributed by atoms with van der Waals surface area (Å²) in [7, 11) is 1.70. The van der Waals surface area contributed by atoms with Crippen molar-refractivity contribution in [2.45, 2.75) is 25.8 Å². The predicted octanol–water partition coefficient (Wildman–Crippen LogP) is 0.547. The van der Waals surface area contributed by atoms with E-state index in [1.807, 2.05) is 0 Å². The van der Waals surface area contributed by atoms with Gasteiger partial charge in [-0.3, -0.25) is 4.79 Å². The molecule has 1 aliphatic rings. The summed E-state index contributed by atoms with van der Waals surface area (Å²) in [5, 5.41) is 2.90. The molecule has 1 aliphatic carbocycles. The van der Waals surface area contributed by atoms with Crippen LogP contribution in [0.3, 0.4) is 0 Å². The molecule has 0 saturated heterocycles. The molecule has 0 radical (unpaired) electrons. The van der Waals surface area contributed by atoms with Crippen LogP contribution in [0.4, 0.5) is 0 Å². The van der Waals surface area contributed by atoms with E-state index in [1.165, 1.54) is 6.42 Å². The van der Waals surface area contributed by atoms with Crippen molar-refractivity contribution in [3.63, 3.8) is 0 Å². The first-order chi connectivity index (χ1) is 5.24. The third kappa shape index (κ3) is 2.19. The van der Waals surface area contributed by atoms with E-state index in [-0.39, 0.29) is 5.91 Å². The Morgan fingerprint density at radius 3 is 2.73 bits per heavy atom. The van der Waals surface area contributed by atoms with E-state index in [2.05, 4.69) is 5.32 Å². The Hall–Kier alpha value is -0.570. The summed E-state index contributed by atoms with van der Waals surface area (Å²) in [6.07, 6.45) is 2.28. The number of nitrogens with one attached hydrogen (secondary N) is 1. The second kappa shape index (κ2) is 3.72. The Morgan fingerprint density at radius 1 is 1.64 bits per heavy atom. The van der Waals surface area contributed by atoms with Crippen molar-refractivity contribution in [2.24, 2.45) is 5.92 Å². The molecular weight excluding hydrogens is 142 g/mol. The first-order valence-electron chi connectivity index (χ1n) is 4.00. The standard InChI is InChI=1S/C8H15NO2/c1-6(10)9-8-4-3-7(8)5-11-2/h7-8H,3-5H2,1-2H3,(H,9,10)/t7-,8+/m1/s1. The van der Waals surface area contributed by atoms with Crippen molar-refractivity contribution >= 4 is 5.91 Å². The molecule has 1 amide bonds. The zero-order valence-electron chi connectivity index (χ0n) is 7.09. The third-order valence-electron chi connectivity index (χ3n) is 2.19. The quantitative estimate of drug-likeness (QED) is 0.649. The number of hydrogen-bond acceptors (Lipinski definition) is 2. The van der Waals surface area contributed by atoms with E-state index in [0.717, 1.165) is 13.0 Å². The second-order valence-corrected chi connectivity index (χ2v) is 3.10. The lowest BCUT2D eigenvalue weighted by Crippen LogP contribution is -2.47. The van der Waals surface area contributed by atoms with Crippen molar-refractivity contribution < 1.29 is 9.53 Å². The van der Waals surface area contributed by atoms with Gasteiger partial charge in [0.15, 0.2) is 0 Å². The van der Waals surface area contributed by atoms with Crippen LogP contribution in [0.15, 0.2) is 0 Å². The van der Waals surface area contributed by atoms with Crippen LogP contribution >= 0.6 is 0 Å². The summed E-state index contributed by atoms with van der Waals surface area (Å²) < 4.78 is 5.01. The van der Waals surface area contributed by atoms with Crippen LogP contribution in [0.25, 0.3) is 0 Å². The van der Waals surface area contributed by atoms with Gasteiger partial charge in [-0.2, -0.15) is 0 Å². The van der Waals surface area contributed by atoms with Gasteiger partial charge in [0.05, 0.1) is 6.61 Å². The lowest BCUT2D eigenvalue weighted by molar-refractivity contribution is -0.121. The SMILES string of the molecule is COC[C@H]1CC[C@@H]1NC(C)=O. The molecule has 1 rings (SSSR count). The summed E-state index contributed by atoms with van der Waals surface area (Å²) in [6.45, 7) is 2.33. The number of ether oxygens (including phenoxy) is 1. The Balaban J connectivity index is 2.20. The van der Waals surface area contributed by atoms with Crippen LogP contribution in [-0.2, 0) is 9.53 Å². The highest BCUT2D eigenvalue weighted by molar-refractivity contribution is 5.73. The molecule has 0 unspecified atom stereocenters. The zero-order valence-corrected chi connectivity index (χ0v) is 7.09. The van der Waals surface area contributed by atoms with Gasteiger partial charge in [-0.1, -0.05) is 0 Å². The van der Waals surface area contributed by atoms with Crippen LogP contribution in [-0.4, -0.2) is 25.7 Å².